The lowest BCUT2D eigenvalue weighted by Crippen LogP contribution is -2.40. The van der Waals surface area contributed by atoms with Crippen LogP contribution in [0.3, 0.4) is 0 Å². The molecule has 0 radical (unpaired) electrons. The molecule has 1 aliphatic rings. The first-order valence-corrected chi connectivity index (χ1v) is 10.0. The van der Waals surface area contributed by atoms with Crippen molar-refractivity contribution >= 4 is 21.9 Å². The van der Waals surface area contributed by atoms with E-state index < -0.39 is 28.5 Å². The van der Waals surface area contributed by atoms with E-state index in [0.29, 0.717) is 19.8 Å². The van der Waals surface area contributed by atoms with Crippen LogP contribution in [0.2, 0.25) is 0 Å². The van der Waals surface area contributed by atoms with Crippen molar-refractivity contribution in [3.8, 4) is 5.75 Å². The number of carbonyl (C=O) groups is 2. The lowest BCUT2D eigenvalue weighted by Gasteiger charge is -2.26. The third-order valence-electron chi connectivity index (χ3n) is 3.89. The largest absolute Gasteiger partial charge is 0.495 e. The number of benzene rings is 1. The van der Waals surface area contributed by atoms with E-state index >= 15 is 0 Å². The summed E-state index contributed by atoms with van der Waals surface area (Å²) in [6, 6.07) is 3.99. The first-order chi connectivity index (χ1) is 12.9. The van der Waals surface area contributed by atoms with E-state index in [9.17, 15) is 18.0 Å². The van der Waals surface area contributed by atoms with Gasteiger partial charge in [0.05, 0.1) is 25.9 Å². The van der Waals surface area contributed by atoms with Gasteiger partial charge in [0.15, 0.2) is 6.61 Å². The molecule has 1 aromatic rings. The molecule has 10 heteroatoms. The van der Waals surface area contributed by atoms with Gasteiger partial charge < -0.3 is 19.5 Å². The highest BCUT2D eigenvalue weighted by Gasteiger charge is 2.30. The minimum Gasteiger partial charge on any atom is -0.495 e. The van der Waals surface area contributed by atoms with Gasteiger partial charge in [-0.1, -0.05) is 6.92 Å². The Hall–Kier alpha value is -2.17. The van der Waals surface area contributed by atoms with Crippen molar-refractivity contribution in [3.63, 3.8) is 0 Å². The van der Waals surface area contributed by atoms with Gasteiger partial charge >= 0.3 is 5.97 Å². The number of morpholine rings is 1. The van der Waals surface area contributed by atoms with E-state index in [0.717, 1.165) is 6.42 Å². The second kappa shape index (κ2) is 9.67. The van der Waals surface area contributed by atoms with Gasteiger partial charge in [-0.15, -0.1) is 0 Å². The average Bonchev–Trinajstić information content (AvgIpc) is 2.70. The molecule has 1 N–H and O–H groups in total. The highest BCUT2D eigenvalue weighted by molar-refractivity contribution is 7.89. The minimum atomic E-state index is -3.86. The molecular formula is C17H24N2O7S. The Morgan fingerprint density at radius 2 is 1.96 bits per heavy atom. The number of esters is 1. The predicted molar refractivity (Wildman–Crippen MR) is 96.2 cm³/mol. The number of hydrogen-bond acceptors (Lipinski definition) is 7. The van der Waals surface area contributed by atoms with Gasteiger partial charge in [0.2, 0.25) is 10.0 Å². The maximum Gasteiger partial charge on any atom is 0.338 e. The normalized spacial score (nSPS) is 15.2. The summed E-state index contributed by atoms with van der Waals surface area (Å²) >= 11 is 0. The van der Waals surface area contributed by atoms with E-state index in [2.05, 4.69) is 5.32 Å². The van der Waals surface area contributed by atoms with Crippen LogP contribution in [0.15, 0.2) is 23.1 Å². The van der Waals surface area contributed by atoms with Crippen molar-refractivity contribution in [2.45, 2.75) is 18.2 Å². The van der Waals surface area contributed by atoms with Gasteiger partial charge in [-0.25, -0.2) is 13.2 Å². The molecule has 1 heterocycles. The first kappa shape index (κ1) is 21.1. The van der Waals surface area contributed by atoms with Crippen molar-refractivity contribution in [1.82, 2.24) is 9.62 Å². The van der Waals surface area contributed by atoms with E-state index in [4.69, 9.17) is 14.2 Å². The molecule has 1 saturated heterocycles. The summed E-state index contributed by atoms with van der Waals surface area (Å²) in [6.07, 6.45) is 0.765. The van der Waals surface area contributed by atoms with Crippen LogP contribution in [0.4, 0.5) is 0 Å². The van der Waals surface area contributed by atoms with Crippen LogP contribution in [0.1, 0.15) is 23.7 Å². The Morgan fingerprint density at radius 1 is 1.26 bits per heavy atom. The number of amides is 1. The van der Waals surface area contributed by atoms with Gasteiger partial charge in [-0.2, -0.15) is 4.31 Å². The molecule has 0 spiro atoms. The Kier molecular flexibility index (Phi) is 7.57. The molecule has 0 atom stereocenters. The van der Waals surface area contributed by atoms with Crippen LogP contribution in [0, 0.1) is 0 Å². The Labute approximate surface area is 158 Å². The smallest absolute Gasteiger partial charge is 0.338 e. The van der Waals surface area contributed by atoms with Crippen LogP contribution in [0.25, 0.3) is 0 Å². The molecule has 0 aromatic heterocycles. The molecule has 1 amide bonds. The molecule has 0 saturated carbocycles. The molecule has 0 aliphatic carbocycles. The summed E-state index contributed by atoms with van der Waals surface area (Å²) < 4.78 is 42.4. The van der Waals surface area contributed by atoms with E-state index in [-0.39, 0.29) is 29.3 Å². The summed E-state index contributed by atoms with van der Waals surface area (Å²) in [6.45, 7) is 3.00. The SMILES string of the molecule is CCCNC(=O)COC(=O)c1ccc(OC)c(S(=O)(=O)N2CCOCC2)c1. The number of methoxy groups -OCH3 is 1. The number of nitrogens with zero attached hydrogens (tertiary/aromatic N) is 1. The topological polar surface area (TPSA) is 111 Å². The number of nitrogens with one attached hydrogen (secondary N) is 1. The maximum absolute atomic E-state index is 12.9. The van der Waals surface area contributed by atoms with Crippen LogP contribution >= 0.6 is 0 Å². The minimum absolute atomic E-state index is 0.0194. The first-order valence-electron chi connectivity index (χ1n) is 8.60. The van der Waals surface area contributed by atoms with Gasteiger partial charge in [-0.05, 0) is 24.6 Å². The lowest BCUT2D eigenvalue weighted by atomic mass is 10.2. The summed E-state index contributed by atoms with van der Waals surface area (Å²) in [4.78, 5) is 23.6. The lowest BCUT2D eigenvalue weighted by molar-refractivity contribution is -0.124. The number of ether oxygens (including phenoxy) is 3. The van der Waals surface area contributed by atoms with Crippen molar-refractivity contribution in [2.24, 2.45) is 0 Å². The second-order valence-electron chi connectivity index (χ2n) is 5.81. The number of sulfonamides is 1. The van der Waals surface area contributed by atoms with Crippen LogP contribution in [-0.4, -0.2) is 71.2 Å². The highest BCUT2D eigenvalue weighted by Crippen LogP contribution is 2.28. The third kappa shape index (κ3) is 5.41. The van der Waals surface area contributed by atoms with E-state index in [1.807, 2.05) is 6.92 Å². The van der Waals surface area contributed by atoms with Crippen LogP contribution in [-0.2, 0) is 24.3 Å². The molecule has 0 unspecified atom stereocenters. The Balaban J connectivity index is 2.19. The quantitative estimate of drug-likeness (QED) is 0.629. The molecule has 0 bridgehead atoms. The maximum atomic E-state index is 12.9. The van der Waals surface area contributed by atoms with Crippen molar-refractivity contribution in [3.05, 3.63) is 23.8 Å². The van der Waals surface area contributed by atoms with E-state index in [1.54, 1.807) is 0 Å². The number of carbonyl (C=O) groups excluding carboxylic acids is 2. The predicted octanol–water partition coefficient (Wildman–Crippen LogP) is 0.399. The van der Waals surface area contributed by atoms with Gasteiger partial charge in [-0.3, -0.25) is 4.79 Å². The van der Waals surface area contributed by atoms with Crippen LogP contribution < -0.4 is 10.1 Å². The molecule has 2 rings (SSSR count). The van der Waals surface area contributed by atoms with Crippen LogP contribution in [0.5, 0.6) is 5.75 Å². The molecule has 1 aromatic carbocycles. The molecule has 150 valence electrons. The highest BCUT2D eigenvalue weighted by atomic mass is 32.2. The van der Waals surface area contributed by atoms with Crippen molar-refractivity contribution < 1.29 is 32.2 Å². The summed E-state index contributed by atoms with van der Waals surface area (Å²) in [7, 11) is -2.51. The standard InChI is InChI=1S/C17H24N2O7S/c1-3-6-18-16(20)12-26-17(21)13-4-5-14(24-2)15(11-13)27(22,23)19-7-9-25-10-8-19/h4-5,11H,3,6-10,12H2,1-2H3,(H,18,20). The second-order valence-corrected chi connectivity index (χ2v) is 7.71. The van der Waals surface area contributed by atoms with Gasteiger partial charge in [0.1, 0.15) is 10.6 Å². The fourth-order valence-electron chi connectivity index (χ4n) is 2.46. The zero-order chi connectivity index (χ0) is 19.9. The van der Waals surface area contributed by atoms with Crippen molar-refractivity contribution in [1.29, 1.82) is 0 Å². The zero-order valence-electron chi connectivity index (χ0n) is 15.4. The monoisotopic (exact) mass is 400 g/mol. The molecule has 1 fully saturated rings. The van der Waals surface area contributed by atoms with Gasteiger partial charge in [0.25, 0.3) is 5.91 Å². The zero-order valence-corrected chi connectivity index (χ0v) is 16.2. The van der Waals surface area contributed by atoms with Gasteiger partial charge in [0, 0.05) is 19.6 Å². The third-order valence-corrected chi connectivity index (χ3v) is 5.81. The summed E-state index contributed by atoms with van der Waals surface area (Å²) in [5, 5.41) is 2.59. The molecule has 9 nitrogen and oxygen atoms in total. The molecular weight excluding hydrogens is 376 g/mol. The Morgan fingerprint density at radius 3 is 2.59 bits per heavy atom. The summed E-state index contributed by atoms with van der Waals surface area (Å²) in [5.74, 6) is -1.08. The Bertz CT molecular complexity index is 773. The summed E-state index contributed by atoms with van der Waals surface area (Å²) in [5.41, 5.74) is 0.0194. The van der Waals surface area contributed by atoms with Crippen molar-refractivity contribution in [2.75, 3.05) is 46.6 Å². The molecule has 1 aliphatic heterocycles. The fraction of sp³-hybridized carbons (Fsp3) is 0.529. The molecule has 27 heavy (non-hydrogen) atoms. The number of hydrogen-bond donors (Lipinski definition) is 1. The fourth-order valence-corrected chi connectivity index (χ4v) is 4.05. The van der Waals surface area contributed by atoms with E-state index in [1.165, 1.54) is 29.6 Å². The number of rotatable bonds is 8. The average molecular weight is 400 g/mol.